The molecule has 2 fully saturated rings. The Kier molecular flexibility index (Phi) is 5.91. The number of hydrogen-bond acceptors (Lipinski definition) is 4. The van der Waals surface area contributed by atoms with Crippen molar-refractivity contribution < 1.29 is 14.3 Å². The zero-order valence-electron chi connectivity index (χ0n) is 17.7. The maximum absolute atomic E-state index is 13.5. The lowest BCUT2D eigenvalue weighted by Crippen LogP contribution is -2.64. The van der Waals surface area contributed by atoms with Crippen LogP contribution in [0.25, 0.3) is 0 Å². The smallest absolute Gasteiger partial charge is 0.254 e. The van der Waals surface area contributed by atoms with Gasteiger partial charge in [-0.25, -0.2) is 4.39 Å². The van der Waals surface area contributed by atoms with Crippen LogP contribution in [0.1, 0.15) is 27.9 Å². The molecular formula is C24H30FN3O2. The Morgan fingerprint density at radius 1 is 1.07 bits per heavy atom. The van der Waals surface area contributed by atoms with E-state index in [1.54, 1.807) is 13.0 Å². The maximum Gasteiger partial charge on any atom is 0.254 e. The molecule has 0 bridgehead atoms. The van der Waals surface area contributed by atoms with Crippen LogP contribution in [0.4, 0.5) is 4.39 Å². The summed E-state index contributed by atoms with van der Waals surface area (Å²) in [7, 11) is 2.11. The molecule has 0 unspecified atom stereocenters. The number of likely N-dealkylation sites (tertiary alicyclic amines) is 1. The van der Waals surface area contributed by atoms with E-state index in [-0.39, 0.29) is 17.8 Å². The van der Waals surface area contributed by atoms with Crippen LogP contribution in [0.2, 0.25) is 0 Å². The summed E-state index contributed by atoms with van der Waals surface area (Å²) in [6.45, 7) is 6.26. The summed E-state index contributed by atoms with van der Waals surface area (Å²) >= 11 is 0. The summed E-state index contributed by atoms with van der Waals surface area (Å²) in [5.41, 5.74) is 1.06. The number of carbonyl (C=O) groups excluding carboxylic acids is 1. The number of amides is 1. The predicted molar refractivity (Wildman–Crippen MR) is 115 cm³/mol. The van der Waals surface area contributed by atoms with Crippen molar-refractivity contribution in [3.63, 3.8) is 0 Å². The van der Waals surface area contributed by atoms with Crippen LogP contribution in [-0.4, -0.2) is 78.1 Å². The molecule has 2 atom stereocenters. The molecule has 0 aliphatic carbocycles. The topological polar surface area (TPSA) is 47.0 Å². The number of rotatable bonds is 3. The van der Waals surface area contributed by atoms with Gasteiger partial charge in [0.15, 0.2) is 0 Å². The Balaban J connectivity index is 1.63. The number of halogens is 1. The van der Waals surface area contributed by atoms with Gasteiger partial charge in [-0.05, 0) is 49.7 Å². The highest BCUT2D eigenvalue weighted by Crippen LogP contribution is 2.37. The van der Waals surface area contributed by atoms with Crippen molar-refractivity contribution in [1.82, 2.24) is 14.7 Å². The van der Waals surface area contributed by atoms with Crippen molar-refractivity contribution in [2.75, 3.05) is 46.3 Å². The highest BCUT2D eigenvalue weighted by Gasteiger charge is 2.47. The molecule has 1 N–H and O–H groups in total. The Morgan fingerprint density at radius 3 is 2.43 bits per heavy atom. The molecular weight excluding hydrogens is 381 g/mol. The van der Waals surface area contributed by atoms with E-state index in [0.29, 0.717) is 30.6 Å². The fourth-order valence-electron chi connectivity index (χ4n) is 4.76. The second-order valence-corrected chi connectivity index (χ2v) is 8.61. The first-order chi connectivity index (χ1) is 14.4. The number of aryl methyl sites for hydroxylation is 1. The molecule has 6 heteroatoms. The van der Waals surface area contributed by atoms with Crippen molar-refractivity contribution in [2.45, 2.75) is 25.0 Å². The largest absolute Gasteiger partial charge is 0.383 e. The van der Waals surface area contributed by atoms with Crippen LogP contribution in [0.5, 0.6) is 0 Å². The lowest BCUT2D eigenvalue weighted by molar-refractivity contribution is -0.101. The zero-order valence-corrected chi connectivity index (χ0v) is 17.7. The average Bonchev–Trinajstić information content (AvgIpc) is 2.75. The summed E-state index contributed by atoms with van der Waals surface area (Å²) < 4.78 is 13.5. The molecule has 2 saturated heterocycles. The van der Waals surface area contributed by atoms with Gasteiger partial charge in [-0.1, -0.05) is 30.3 Å². The third kappa shape index (κ3) is 4.00. The van der Waals surface area contributed by atoms with Gasteiger partial charge in [0.1, 0.15) is 11.4 Å². The second-order valence-electron chi connectivity index (χ2n) is 8.61. The first-order valence-electron chi connectivity index (χ1n) is 10.6. The third-order valence-electron chi connectivity index (χ3n) is 6.67. The number of likely N-dealkylation sites (N-methyl/N-ethyl adjacent to an activating group) is 1. The molecule has 0 spiro atoms. The van der Waals surface area contributed by atoms with Gasteiger partial charge < -0.3 is 14.9 Å². The van der Waals surface area contributed by atoms with E-state index in [1.165, 1.54) is 12.1 Å². The van der Waals surface area contributed by atoms with Gasteiger partial charge in [-0.3, -0.25) is 9.69 Å². The minimum atomic E-state index is -1.01. The molecule has 2 aromatic rings. The van der Waals surface area contributed by atoms with Crippen molar-refractivity contribution in [1.29, 1.82) is 0 Å². The van der Waals surface area contributed by atoms with Crippen LogP contribution >= 0.6 is 0 Å². The summed E-state index contributed by atoms with van der Waals surface area (Å²) in [6.07, 6.45) is 0.472. The molecule has 4 rings (SSSR count). The summed E-state index contributed by atoms with van der Waals surface area (Å²) in [5, 5.41) is 11.8. The van der Waals surface area contributed by atoms with Gasteiger partial charge in [-0.15, -0.1) is 0 Å². The highest BCUT2D eigenvalue weighted by atomic mass is 19.1. The predicted octanol–water partition coefficient (Wildman–Crippen LogP) is 2.48. The normalized spacial score (nSPS) is 26.0. The molecule has 5 nitrogen and oxygen atoms in total. The Morgan fingerprint density at radius 2 is 1.77 bits per heavy atom. The van der Waals surface area contributed by atoms with Gasteiger partial charge in [-0.2, -0.15) is 0 Å². The molecule has 0 saturated carbocycles. The van der Waals surface area contributed by atoms with E-state index in [0.717, 1.165) is 31.7 Å². The van der Waals surface area contributed by atoms with E-state index < -0.39 is 5.60 Å². The van der Waals surface area contributed by atoms with E-state index in [9.17, 15) is 14.3 Å². The Bertz CT molecular complexity index is 899. The molecule has 30 heavy (non-hydrogen) atoms. The molecule has 1 amide bonds. The standard InChI is InChI=1S/C24H30FN3O2/c1-18-16-20(25)8-9-21(18)23(29)28-11-10-24(30,19-6-4-3-5-7-19)22(17-28)27-14-12-26(2)13-15-27/h3-9,16,22,30H,10-15,17H2,1-2H3/t22-,24+/m1/s1. The molecule has 0 aromatic heterocycles. The van der Waals surface area contributed by atoms with Gasteiger partial charge >= 0.3 is 0 Å². The molecule has 2 aromatic carbocycles. The van der Waals surface area contributed by atoms with Crippen LogP contribution in [0.15, 0.2) is 48.5 Å². The van der Waals surface area contributed by atoms with E-state index in [2.05, 4.69) is 16.8 Å². The van der Waals surface area contributed by atoms with Gasteiger partial charge in [0.25, 0.3) is 5.91 Å². The lowest BCUT2D eigenvalue weighted by Gasteiger charge is -2.51. The molecule has 2 aliphatic heterocycles. The quantitative estimate of drug-likeness (QED) is 0.843. The van der Waals surface area contributed by atoms with E-state index in [1.807, 2.05) is 35.2 Å². The maximum atomic E-state index is 13.5. The number of piperidine rings is 1. The first-order valence-corrected chi connectivity index (χ1v) is 10.6. The minimum absolute atomic E-state index is 0.0956. The van der Waals surface area contributed by atoms with E-state index >= 15 is 0 Å². The highest BCUT2D eigenvalue weighted by molar-refractivity contribution is 5.95. The number of hydrogen-bond donors (Lipinski definition) is 1. The molecule has 160 valence electrons. The Hall–Kier alpha value is -2.28. The summed E-state index contributed by atoms with van der Waals surface area (Å²) in [5.74, 6) is -0.432. The van der Waals surface area contributed by atoms with Gasteiger partial charge in [0, 0.05) is 44.8 Å². The number of benzene rings is 2. The fraction of sp³-hybridized carbons (Fsp3) is 0.458. The van der Waals surface area contributed by atoms with Crippen molar-refractivity contribution >= 4 is 5.91 Å². The average molecular weight is 412 g/mol. The molecule has 2 aliphatic rings. The van der Waals surface area contributed by atoms with Gasteiger partial charge in [0.05, 0.1) is 6.04 Å². The van der Waals surface area contributed by atoms with Crippen LogP contribution < -0.4 is 0 Å². The summed E-state index contributed by atoms with van der Waals surface area (Å²) in [4.78, 5) is 19.7. The van der Waals surface area contributed by atoms with E-state index in [4.69, 9.17) is 0 Å². The van der Waals surface area contributed by atoms with Crippen LogP contribution in [0.3, 0.4) is 0 Å². The second kappa shape index (κ2) is 8.46. The van der Waals surface area contributed by atoms with Crippen molar-refractivity contribution in [2.24, 2.45) is 0 Å². The first kappa shape index (κ1) is 21.0. The third-order valence-corrected chi connectivity index (χ3v) is 6.67. The lowest BCUT2D eigenvalue weighted by atomic mass is 9.79. The van der Waals surface area contributed by atoms with Crippen molar-refractivity contribution in [3.05, 3.63) is 71.0 Å². The SMILES string of the molecule is Cc1cc(F)ccc1C(=O)N1CC[C@](O)(c2ccccc2)[C@H](N2CCN(C)CC2)C1. The number of aliphatic hydroxyl groups is 1. The number of carbonyl (C=O) groups is 1. The summed E-state index contributed by atoms with van der Waals surface area (Å²) in [6, 6.07) is 13.9. The number of nitrogens with zero attached hydrogens (tertiary/aromatic N) is 3. The van der Waals surface area contributed by atoms with Gasteiger partial charge in [0.2, 0.25) is 0 Å². The minimum Gasteiger partial charge on any atom is -0.383 e. The van der Waals surface area contributed by atoms with Crippen LogP contribution in [0, 0.1) is 12.7 Å². The Labute approximate surface area is 177 Å². The zero-order chi connectivity index (χ0) is 21.3. The number of piperazine rings is 1. The van der Waals surface area contributed by atoms with Crippen molar-refractivity contribution in [3.8, 4) is 0 Å². The molecule has 0 radical (unpaired) electrons. The molecule has 2 heterocycles. The fourth-order valence-corrected chi connectivity index (χ4v) is 4.76. The monoisotopic (exact) mass is 411 g/mol. The van der Waals surface area contributed by atoms with Crippen LogP contribution in [-0.2, 0) is 5.60 Å².